The van der Waals surface area contributed by atoms with Crippen molar-refractivity contribution in [2.75, 3.05) is 11.1 Å². The number of nitrogens with zero attached hydrogens (tertiary/aromatic N) is 3. The summed E-state index contributed by atoms with van der Waals surface area (Å²) in [5, 5.41) is 11.6. The monoisotopic (exact) mass is 558 g/mol. The minimum Gasteiger partial charge on any atom is -0.399 e. The Hall–Kier alpha value is -4.98. The van der Waals surface area contributed by atoms with Crippen LogP contribution in [0.1, 0.15) is 61.0 Å². The van der Waals surface area contributed by atoms with Crippen molar-refractivity contribution in [2.45, 2.75) is 51.0 Å². The number of pyridine rings is 1. The zero-order chi connectivity index (χ0) is 29.1. The molecule has 42 heavy (non-hydrogen) atoms. The lowest BCUT2D eigenvalue weighted by molar-refractivity contribution is -0.117. The largest absolute Gasteiger partial charge is 0.399 e. The summed E-state index contributed by atoms with van der Waals surface area (Å²) in [5.74, 6) is 0.537. The van der Waals surface area contributed by atoms with Crippen LogP contribution in [-0.2, 0) is 4.79 Å². The van der Waals surface area contributed by atoms with Crippen molar-refractivity contribution in [2.24, 2.45) is 0 Å². The topological polar surface area (TPSA) is 115 Å². The molecule has 0 bridgehead atoms. The van der Waals surface area contributed by atoms with Crippen molar-refractivity contribution < 1.29 is 9.59 Å². The fraction of sp³-hybridized carbons (Fsp3) is 0.235. The van der Waals surface area contributed by atoms with Crippen molar-refractivity contribution in [1.82, 2.24) is 20.1 Å². The number of nitrogen functional groups attached to an aromatic ring is 1. The average molecular weight is 559 g/mol. The van der Waals surface area contributed by atoms with Gasteiger partial charge in [0.2, 0.25) is 5.91 Å². The Kier molecular flexibility index (Phi) is 7.68. The van der Waals surface area contributed by atoms with Crippen LogP contribution in [0.5, 0.6) is 0 Å². The van der Waals surface area contributed by atoms with Crippen molar-refractivity contribution in [3.05, 3.63) is 102 Å². The minimum atomic E-state index is -0.742. The van der Waals surface area contributed by atoms with Crippen LogP contribution in [0.15, 0.2) is 91.1 Å². The first-order valence-corrected chi connectivity index (χ1v) is 14.5. The van der Waals surface area contributed by atoms with E-state index >= 15 is 0 Å². The highest BCUT2D eigenvalue weighted by atomic mass is 16.2. The molecule has 1 aliphatic carbocycles. The lowest BCUT2D eigenvalue weighted by atomic mass is 9.85. The number of carbonyl (C=O) groups excluding carboxylic acids is 2. The lowest BCUT2D eigenvalue weighted by Crippen LogP contribution is -2.41. The van der Waals surface area contributed by atoms with Gasteiger partial charge < -0.3 is 16.4 Å². The number of nitrogens with one attached hydrogen (secondary N) is 2. The van der Waals surface area contributed by atoms with E-state index in [9.17, 15) is 9.59 Å². The molecule has 3 aromatic carbocycles. The van der Waals surface area contributed by atoms with Gasteiger partial charge in [0.25, 0.3) is 5.91 Å². The van der Waals surface area contributed by atoms with E-state index in [0.29, 0.717) is 22.9 Å². The quantitative estimate of drug-likeness (QED) is 0.198. The first kappa shape index (κ1) is 27.2. The second-order valence-corrected chi connectivity index (χ2v) is 10.9. The Bertz CT molecular complexity index is 1710. The van der Waals surface area contributed by atoms with Crippen molar-refractivity contribution in [3.63, 3.8) is 0 Å². The molecule has 0 radical (unpaired) electrons. The van der Waals surface area contributed by atoms with E-state index in [4.69, 9.17) is 10.8 Å². The molecule has 2 heterocycles. The van der Waals surface area contributed by atoms with Crippen molar-refractivity contribution in [1.29, 1.82) is 0 Å². The maximum absolute atomic E-state index is 13.2. The highest BCUT2D eigenvalue weighted by molar-refractivity contribution is 6.02. The number of anilines is 2. The van der Waals surface area contributed by atoms with Gasteiger partial charge in [0.1, 0.15) is 6.04 Å². The summed E-state index contributed by atoms with van der Waals surface area (Å²) in [6.45, 7) is 1.67. The maximum Gasteiger partial charge on any atom is 0.251 e. The smallest absolute Gasteiger partial charge is 0.251 e. The Balaban J connectivity index is 1.16. The maximum atomic E-state index is 13.2. The van der Waals surface area contributed by atoms with Crippen LogP contribution < -0.4 is 16.4 Å². The number of hydrogen-bond acceptors (Lipinski definition) is 5. The van der Waals surface area contributed by atoms with Gasteiger partial charge in [-0.3, -0.25) is 9.59 Å². The van der Waals surface area contributed by atoms with Gasteiger partial charge in [-0.2, -0.15) is 5.10 Å². The summed E-state index contributed by atoms with van der Waals surface area (Å²) in [6, 6.07) is 25.8. The first-order valence-electron chi connectivity index (χ1n) is 14.5. The molecule has 0 aliphatic heterocycles. The molecule has 8 heteroatoms. The molecule has 1 aliphatic rings. The van der Waals surface area contributed by atoms with Crippen LogP contribution in [0.2, 0.25) is 0 Å². The second-order valence-electron chi connectivity index (χ2n) is 10.9. The van der Waals surface area contributed by atoms with E-state index in [0.717, 1.165) is 46.4 Å². The number of carbonyl (C=O) groups is 2. The average Bonchev–Trinajstić information content (AvgIpc) is 3.41. The summed E-state index contributed by atoms with van der Waals surface area (Å²) < 4.78 is 1.94. The normalized spacial score (nSPS) is 14.4. The van der Waals surface area contributed by atoms with E-state index in [1.807, 2.05) is 83.5 Å². The van der Waals surface area contributed by atoms with Crippen molar-refractivity contribution in [3.8, 4) is 16.9 Å². The molecule has 5 aromatic rings. The highest BCUT2D eigenvalue weighted by Gasteiger charge is 2.25. The molecule has 2 amide bonds. The van der Waals surface area contributed by atoms with Crippen molar-refractivity contribution >= 4 is 34.1 Å². The zero-order valence-corrected chi connectivity index (χ0v) is 23.6. The van der Waals surface area contributed by atoms with E-state index in [1.54, 1.807) is 19.2 Å². The molecule has 212 valence electrons. The van der Waals surface area contributed by atoms with Gasteiger partial charge in [-0.1, -0.05) is 55.7 Å². The summed E-state index contributed by atoms with van der Waals surface area (Å²) in [5.41, 5.74) is 11.5. The minimum absolute atomic E-state index is 0.302. The standard InChI is InChI=1S/C34H34N6O2/c1-22(33(41)38-28-17-12-24(13-18-28)23-10-15-27(35)16-11-23)37-34(42)26-14-19-29-30(21-26)39-40(31-9-5-6-20-36-31)32(29)25-7-3-2-4-8-25/h5-6,9-22,25H,2-4,7-8,35H2,1H3,(H,37,42)(H,38,41). The molecular formula is C34H34N6O2. The molecule has 8 nitrogen and oxygen atoms in total. The zero-order valence-electron chi connectivity index (χ0n) is 23.6. The van der Waals surface area contributed by atoms with Crippen LogP contribution in [0.4, 0.5) is 11.4 Å². The summed E-state index contributed by atoms with van der Waals surface area (Å²) in [4.78, 5) is 30.6. The number of amides is 2. The van der Waals surface area contributed by atoms with Crippen LogP contribution in [0, 0.1) is 0 Å². The fourth-order valence-electron chi connectivity index (χ4n) is 5.69. The Morgan fingerprint density at radius 2 is 1.62 bits per heavy atom. The Labute approximate surface area is 245 Å². The summed E-state index contributed by atoms with van der Waals surface area (Å²) >= 11 is 0. The molecule has 0 spiro atoms. The fourth-order valence-corrected chi connectivity index (χ4v) is 5.69. The number of aromatic nitrogens is 3. The molecule has 1 atom stereocenters. The predicted octanol–water partition coefficient (Wildman–Crippen LogP) is 6.47. The third kappa shape index (κ3) is 5.74. The number of fused-ring (bicyclic) bond motifs is 1. The molecule has 1 fully saturated rings. The molecular weight excluding hydrogens is 524 g/mol. The van der Waals surface area contributed by atoms with Crippen LogP contribution in [-0.4, -0.2) is 32.6 Å². The molecule has 1 saturated carbocycles. The number of nitrogens with two attached hydrogens (primary N) is 1. The summed E-state index contributed by atoms with van der Waals surface area (Å²) in [7, 11) is 0. The lowest BCUT2D eigenvalue weighted by Gasteiger charge is -2.22. The van der Waals surface area contributed by atoms with Crippen LogP contribution in [0.25, 0.3) is 27.8 Å². The Morgan fingerprint density at radius 1 is 0.905 bits per heavy atom. The Morgan fingerprint density at radius 3 is 2.31 bits per heavy atom. The van der Waals surface area contributed by atoms with E-state index in [2.05, 4.69) is 15.6 Å². The van der Waals surface area contributed by atoms with Gasteiger partial charge >= 0.3 is 0 Å². The summed E-state index contributed by atoms with van der Waals surface area (Å²) in [6.07, 6.45) is 7.67. The molecule has 1 unspecified atom stereocenters. The molecule has 2 aromatic heterocycles. The SMILES string of the molecule is CC(NC(=O)c1ccc2c(C3CCCCC3)n(-c3ccccn3)nc2c1)C(=O)Nc1ccc(-c2ccc(N)cc2)cc1. The van der Waals surface area contributed by atoms with E-state index < -0.39 is 6.04 Å². The highest BCUT2D eigenvalue weighted by Crippen LogP contribution is 2.37. The second kappa shape index (κ2) is 11.9. The van der Waals surface area contributed by atoms with Gasteiger partial charge in [-0.15, -0.1) is 0 Å². The number of benzene rings is 3. The van der Waals surface area contributed by atoms with Gasteiger partial charge in [-0.25, -0.2) is 9.67 Å². The predicted molar refractivity (Wildman–Crippen MR) is 167 cm³/mol. The third-order valence-corrected chi connectivity index (χ3v) is 7.97. The molecule has 0 saturated heterocycles. The van der Waals surface area contributed by atoms with Gasteiger partial charge in [-0.05, 0) is 79.4 Å². The molecule has 4 N–H and O–H groups in total. The first-order chi connectivity index (χ1) is 20.5. The number of rotatable bonds is 7. The van der Waals surface area contributed by atoms with E-state index in [-0.39, 0.29) is 11.8 Å². The van der Waals surface area contributed by atoms with Gasteiger partial charge in [0.05, 0.1) is 11.2 Å². The molecule has 6 rings (SSSR count). The van der Waals surface area contributed by atoms with Crippen LogP contribution in [0.3, 0.4) is 0 Å². The third-order valence-electron chi connectivity index (χ3n) is 7.97. The van der Waals surface area contributed by atoms with E-state index in [1.165, 1.54) is 19.3 Å². The number of hydrogen-bond donors (Lipinski definition) is 3. The van der Waals surface area contributed by atoms with Gasteiger partial charge in [0.15, 0.2) is 5.82 Å². The van der Waals surface area contributed by atoms with Crippen LogP contribution >= 0.6 is 0 Å². The van der Waals surface area contributed by atoms with Gasteiger partial charge in [0, 0.05) is 34.4 Å².